The van der Waals surface area contributed by atoms with Crippen LogP contribution in [0.5, 0.6) is 5.75 Å². The number of rotatable bonds is 10. The molecular formula is C35H37Cl2N5O3. The van der Waals surface area contributed by atoms with Crippen molar-refractivity contribution in [1.82, 2.24) is 9.80 Å². The molecule has 4 aromatic rings. The van der Waals surface area contributed by atoms with Crippen LogP contribution in [0.15, 0.2) is 89.9 Å². The third-order valence-corrected chi connectivity index (χ3v) is 8.82. The molecule has 1 aliphatic heterocycles. The predicted octanol–water partition coefficient (Wildman–Crippen LogP) is 6.06. The number of hydrogen-bond donors (Lipinski definition) is 2. The van der Waals surface area contributed by atoms with Crippen molar-refractivity contribution in [1.29, 1.82) is 0 Å². The van der Waals surface area contributed by atoms with E-state index in [9.17, 15) is 9.59 Å². The molecule has 0 saturated carbocycles. The van der Waals surface area contributed by atoms with Gasteiger partial charge in [0.15, 0.2) is 5.96 Å². The molecule has 0 radical (unpaired) electrons. The molecule has 1 aliphatic rings. The standard InChI is InChI=1S/C35H37Cl2N5O3/c1-23-20-42(34(44)29-10-4-5-11-32(29)45-22-25-13-15-30(36)31(37)18-25)28(9-6-16-40-35(38)39)21-41(23)33(43)19-24-12-14-26-7-2-3-8-27(26)17-24/h2-5,7-8,10-15,17-18,23,28H,6,9,16,19-22H2,1H3,(H4,38,39,40)/t23-,28+/m1/s1. The van der Waals surface area contributed by atoms with E-state index < -0.39 is 0 Å². The van der Waals surface area contributed by atoms with E-state index in [-0.39, 0.29) is 42.9 Å². The molecule has 1 fully saturated rings. The maximum Gasteiger partial charge on any atom is 0.258 e. The number of amides is 2. The second-order valence-corrected chi connectivity index (χ2v) is 12.2. The summed E-state index contributed by atoms with van der Waals surface area (Å²) in [6.07, 6.45) is 1.57. The van der Waals surface area contributed by atoms with Crippen LogP contribution in [0.3, 0.4) is 0 Å². The minimum absolute atomic E-state index is 0.0282. The summed E-state index contributed by atoms with van der Waals surface area (Å²) in [5, 5.41) is 3.14. The zero-order valence-corrected chi connectivity index (χ0v) is 26.7. The average Bonchev–Trinajstić information content (AvgIpc) is 3.03. The van der Waals surface area contributed by atoms with Gasteiger partial charge in [-0.2, -0.15) is 0 Å². The number of guanidine groups is 1. The molecule has 5 rings (SSSR count). The van der Waals surface area contributed by atoms with Crippen LogP contribution in [0.1, 0.15) is 41.3 Å². The average molecular weight is 647 g/mol. The number of halogens is 2. The van der Waals surface area contributed by atoms with Crippen molar-refractivity contribution >= 4 is 51.7 Å². The van der Waals surface area contributed by atoms with Gasteiger partial charge in [-0.1, -0.05) is 83.9 Å². The number of fused-ring (bicyclic) bond motifs is 1. The predicted molar refractivity (Wildman–Crippen MR) is 181 cm³/mol. The summed E-state index contributed by atoms with van der Waals surface area (Å²) in [6.45, 7) is 3.44. The van der Waals surface area contributed by atoms with Gasteiger partial charge < -0.3 is 26.0 Å². The van der Waals surface area contributed by atoms with E-state index in [4.69, 9.17) is 39.4 Å². The van der Waals surface area contributed by atoms with Crippen molar-refractivity contribution in [2.75, 3.05) is 19.6 Å². The monoisotopic (exact) mass is 645 g/mol. The Labute approximate surface area is 273 Å². The zero-order valence-electron chi connectivity index (χ0n) is 25.2. The lowest BCUT2D eigenvalue weighted by molar-refractivity contribution is -0.136. The maximum atomic E-state index is 14.2. The zero-order chi connectivity index (χ0) is 31.9. The van der Waals surface area contributed by atoms with Gasteiger partial charge in [-0.15, -0.1) is 0 Å². The summed E-state index contributed by atoms with van der Waals surface area (Å²) >= 11 is 12.2. The van der Waals surface area contributed by atoms with Gasteiger partial charge in [0.25, 0.3) is 5.91 Å². The second-order valence-electron chi connectivity index (χ2n) is 11.3. The summed E-state index contributed by atoms with van der Waals surface area (Å²) < 4.78 is 6.11. The summed E-state index contributed by atoms with van der Waals surface area (Å²) in [7, 11) is 0. The Hall–Kier alpha value is -4.27. The molecule has 2 amide bonds. The largest absolute Gasteiger partial charge is 0.488 e. The highest BCUT2D eigenvalue weighted by Crippen LogP contribution is 2.28. The summed E-state index contributed by atoms with van der Waals surface area (Å²) in [6, 6.07) is 26.3. The fraction of sp³-hybridized carbons (Fsp3) is 0.286. The number of ether oxygens (including phenoxy) is 1. The van der Waals surface area contributed by atoms with Crippen molar-refractivity contribution in [3.8, 4) is 5.75 Å². The number of piperazine rings is 1. The third kappa shape index (κ3) is 8.07. The van der Waals surface area contributed by atoms with Crippen molar-refractivity contribution in [2.45, 2.75) is 44.9 Å². The number of benzene rings is 4. The quantitative estimate of drug-likeness (QED) is 0.124. The molecule has 45 heavy (non-hydrogen) atoms. The van der Waals surface area contributed by atoms with Gasteiger partial charge in [0.05, 0.1) is 22.0 Å². The van der Waals surface area contributed by atoms with Gasteiger partial charge in [-0.05, 0) is 65.9 Å². The van der Waals surface area contributed by atoms with Crippen molar-refractivity contribution in [2.24, 2.45) is 16.5 Å². The van der Waals surface area contributed by atoms with E-state index in [1.165, 1.54) is 0 Å². The van der Waals surface area contributed by atoms with E-state index >= 15 is 0 Å². The SMILES string of the molecule is C[C@@H]1CN(C(=O)c2ccccc2OCc2ccc(Cl)c(Cl)c2)[C@@H](CCCN=C(N)N)CN1C(=O)Cc1ccc2ccccc2c1. The Balaban J connectivity index is 1.33. The fourth-order valence-electron chi connectivity index (χ4n) is 5.76. The summed E-state index contributed by atoms with van der Waals surface area (Å²) in [4.78, 5) is 35.7. The first-order valence-electron chi connectivity index (χ1n) is 15.0. The van der Waals surface area contributed by atoms with E-state index in [0.29, 0.717) is 53.8 Å². The third-order valence-electron chi connectivity index (χ3n) is 8.08. The molecule has 0 spiro atoms. The van der Waals surface area contributed by atoms with Crippen LogP contribution in [0.4, 0.5) is 0 Å². The molecule has 0 bridgehead atoms. The molecule has 1 heterocycles. The van der Waals surface area contributed by atoms with Gasteiger partial charge in [-0.3, -0.25) is 14.6 Å². The smallest absolute Gasteiger partial charge is 0.258 e. The lowest BCUT2D eigenvalue weighted by atomic mass is 9.99. The Morgan fingerprint density at radius 2 is 1.60 bits per heavy atom. The van der Waals surface area contributed by atoms with Crippen LogP contribution in [0.25, 0.3) is 10.8 Å². The molecule has 4 N–H and O–H groups in total. The minimum atomic E-state index is -0.230. The van der Waals surface area contributed by atoms with E-state index in [1.54, 1.807) is 24.3 Å². The Bertz CT molecular complexity index is 1710. The second kappa shape index (κ2) is 14.7. The molecule has 8 nitrogen and oxygen atoms in total. The molecule has 0 aromatic heterocycles. The number of aliphatic imine (C=N–C) groups is 1. The summed E-state index contributed by atoms with van der Waals surface area (Å²) in [5.74, 6) is 0.375. The first kappa shape index (κ1) is 32.1. The molecular weight excluding hydrogens is 609 g/mol. The van der Waals surface area contributed by atoms with Crippen LogP contribution >= 0.6 is 23.2 Å². The Kier molecular flexibility index (Phi) is 10.5. The van der Waals surface area contributed by atoms with E-state index in [2.05, 4.69) is 23.2 Å². The lowest BCUT2D eigenvalue weighted by Crippen LogP contribution is -2.60. The van der Waals surface area contributed by atoms with Gasteiger partial charge in [0.1, 0.15) is 12.4 Å². The van der Waals surface area contributed by atoms with Crippen LogP contribution < -0.4 is 16.2 Å². The summed E-state index contributed by atoms with van der Waals surface area (Å²) in [5.41, 5.74) is 13.3. The molecule has 1 saturated heterocycles. The van der Waals surface area contributed by atoms with Crippen molar-refractivity contribution < 1.29 is 14.3 Å². The molecule has 10 heteroatoms. The van der Waals surface area contributed by atoms with Gasteiger partial charge in [0, 0.05) is 31.7 Å². The van der Waals surface area contributed by atoms with Crippen molar-refractivity contribution in [3.63, 3.8) is 0 Å². The minimum Gasteiger partial charge on any atom is -0.488 e. The van der Waals surface area contributed by atoms with Gasteiger partial charge >= 0.3 is 0 Å². The maximum absolute atomic E-state index is 14.2. The van der Waals surface area contributed by atoms with E-state index in [0.717, 1.165) is 21.9 Å². The highest BCUT2D eigenvalue weighted by Gasteiger charge is 2.37. The molecule has 0 aliphatic carbocycles. The number of carbonyl (C=O) groups excluding carboxylic acids is 2. The molecule has 0 unspecified atom stereocenters. The lowest BCUT2D eigenvalue weighted by Gasteiger charge is -2.45. The molecule has 2 atom stereocenters. The van der Waals surface area contributed by atoms with Crippen LogP contribution in [-0.2, 0) is 17.8 Å². The highest BCUT2D eigenvalue weighted by molar-refractivity contribution is 6.42. The van der Waals surface area contributed by atoms with Crippen LogP contribution in [0, 0.1) is 0 Å². The number of nitrogens with zero attached hydrogens (tertiary/aromatic N) is 3. The molecule has 4 aromatic carbocycles. The number of hydrogen-bond acceptors (Lipinski definition) is 4. The van der Waals surface area contributed by atoms with Crippen LogP contribution in [-0.4, -0.2) is 59.3 Å². The van der Waals surface area contributed by atoms with Gasteiger partial charge in [0.2, 0.25) is 5.91 Å². The van der Waals surface area contributed by atoms with E-state index in [1.807, 2.05) is 59.2 Å². The first-order valence-corrected chi connectivity index (χ1v) is 15.7. The first-order chi connectivity index (χ1) is 21.7. The fourth-order valence-corrected chi connectivity index (χ4v) is 6.08. The Morgan fingerprint density at radius 3 is 2.38 bits per heavy atom. The molecule has 234 valence electrons. The normalized spacial score (nSPS) is 16.4. The Morgan fingerprint density at radius 1 is 0.867 bits per heavy atom. The van der Waals surface area contributed by atoms with Gasteiger partial charge in [-0.25, -0.2) is 0 Å². The van der Waals surface area contributed by atoms with Crippen molar-refractivity contribution in [3.05, 3.63) is 112 Å². The number of para-hydroxylation sites is 1. The topological polar surface area (TPSA) is 114 Å². The number of carbonyl (C=O) groups is 2. The number of nitrogens with two attached hydrogens (primary N) is 2. The van der Waals surface area contributed by atoms with Crippen LogP contribution in [0.2, 0.25) is 10.0 Å². The highest BCUT2D eigenvalue weighted by atomic mass is 35.5.